The second-order valence-corrected chi connectivity index (χ2v) is 5.67. The molecule has 0 spiro atoms. The van der Waals surface area contributed by atoms with E-state index in [4.69, 9.17) is 0 Å². The van der Waals surface area contributed by atoms with Crippen molar-refractivity contribution in [2.45, 2.75) is 25.7 Å². The summed E-state index contributed by atoms with van der Waals surface area (Å²) in [4.78, 5) is 18.1. The molecule has 1 amide bonds. The van der Waals surface area contributed by atoms with E-state index >= 15 is 0 Å². The summed E-state index contributed by atoms with van der Waals surface area (Å²) in [6, 6.07) is 6.46. The highest BCUT2D eigenvalue weighted by Gasteiger charge is 2.16. The Balaban J connectivity index is 1.68. The van der Waals surface area contributed by atoms with Gasteiger partial charge in [0.1, 0.15) is 5.82 Å². The molecule has 0 aliphatic carbocycles. The normalized spacial score (nSPS) is 15.4. The Kier molecular flexibility index (Phi) is 6.84. The molecule has 1 aromatic rings. The smallest absolute Gasteiger partial charge is 0.241 e. The average Bonchev–Trinajstić information content (AvgIpc) is 2.60. The fraction of sp³-hybridized carbons (Fsp3) is 0.529. The van der Waals surface area contributed by atoms with Crippen LogP contribution in [0, 0.1) is 5.82 Å². The van der Waals surface area contributed by atoms with E-state index in [-0.39, 0.29) is 18.3 Å². The van der Waals surface area contributed by atoms with Gasteiger partial charge >= 0.3 is 0 Å². The molecule has 0 radical (unpaired) electrons. The van der Waals surface area contributed by atoms with Crippen molar-refractivity contribution in [2.75, 3.05) is 33.2 Å². The van der Waals surface area contributed by atoms with Crippen LogP contribution in [0.15, 0.2) is 29.3 Å². The van der Waals surface area contributed by atoms with Crippen molar-refractivity contribution in [2.24, 2.45) is 4.99 Å². The molecule has 1 aliphatic heterocycles. The summed E-state index contributed by atoms with van der Waals surface area (Å²) in [6.45, 7) is 2.65. The maximum Gasteiger partial charge on any atom is 0.241 e. The molecule has 2 N–H and O–H groups in total. The second kappa shape index (κ2) is 9.12. The molecule has 126 valence electrons. The molecule has 5 nitrogen and oxygen atoms in total. The Morgan fingerprint density at radius 3 is 2.52 bits per heavy atom. The summed E-state index contributed by atoms with van der Waals surface area (Å²) in [6.07, 6.45) is 4.16. The van der Waals surface area contributed by atoms with Gasteiger partial charge in [0, 0.05) is 26.7 Å². The summed E-state index contributed by atoms with van der Waals surface area (Å²) in [5, 5.41) is 6.21. The lowest BCUT2D eigenvalue weighted by atomic mass is 10.1. The first-order chi connectivity index (χ1) is 11.2. The first-order valence-corrected chi connectivity index (χ1v) is 8.16. The maximum absolute atomic E-state index is 12.8. The predicted molar refractivity (Wildman–Crippen MR) is 89.9 cm³/mol. The SMILES string of the molecule is CN=C(NCCc1ccc(F)cc1)NCC(=O)N1CCCCC1. The number of likely N-dealkylation sites (tertiary alicyclic amines) is 1. The van der Waals surface area contributed by atoms with Crippen molar-refractivity contribution < 1.29 is 9.18 Å². The number of hydrogen-bond donors (Lipinski definition) is 2. The van der Waals surface area contributed by atoms with Gasteiger partial charge in [0.05, 0.1) is 6.54 Å². The van der Waals surface area contributed by atoms with Crippen molar-refractivity contribution in [3.05, 3.63) is 35.6 Å². The van der Waals surface area contributed by atoms with E-state index in [1.165, 1.54) is 18.6 Å². The molecular weight excluding hydrogens is 295 g/mol. The van der Waals surface area contributed by atoms with Gasteiger partial charge in [-0.2, -0.15) is 0 Å². The highest BCUT2D eigenvalue weighted by molar-refractivity contribution is 5.86. The number of rotatable bonds is 5. The lowest BCUT2D eigenvalue weighted by Crippen LogP contribution is -2.46. The summed E-state index contributed by atoms with van der Waals surface area (Å²) >= 11 is 0. The van der Waals surface area contributed by atoms with Crippen molar-refractivity contribution in [3.63, 3.8) is 0 Å². The number of guanidine groups is 1. The molecular formula is C17H25FN4O. The molecule has 0 bridgehead atoms. The molecule has 23 heavy (non-hydrogen) atoms. The van der Waals surface area contributed by atoms with Gasteiger partial charge in [-0.3, -0.25) is 9.79 Å². The third-order valence-electron chi connectivity index (χ3n) is 3.96. The monoisotopic (exact) mass is 320 g/mol. The minimum Gasteiger partial charge on any atom is -0.356 e. The highest BCUT2D eigenvalue weighted by Crippen LogP contribution is 2.08. The third-order valence-corrected chi connectivity index (χ3v) is 3.96. The van der Waals surface area contributed by atoms with E-state index in [2.05, 4.69) is 15.6 Å². The molecule has 6 heteroatoms. The minimum absolute atomic E-state index is 0.117. The number of aliphatic imine (C=N–C) groups is 1. The zero-order valence-corrected chi connectivity index (χ0v) is 13.6. The van der Waals surface area contributed by atoms with E-state index in [1.807, 2.05) is 4.90 Å². The van der Waals surface area contributed by atoms with Crippen LogP contribution in [0.3, 0.4) is 0 Å². The topological polar surface area (TPSA) is 56.7 Å². The van der Waals surface area contributed by atoms with Crippen molar-refractivity contribution >= 4 is 11.9 Å². The highest BCUT2D eigenvalue weighted by atomic mass is 19.1. The van der Waals surface area contributed by atoms with Crippen LogP contribution in [0.4, 0.5) is 4.39 Å². The Bertz CT molecular complexity index is 524. The Hall–Kier alpha value is -2.11. The van der Waals surface area contributed by atoms with Gasteiger partial charge in [-0.25, -0.2) is 4.39 Å². The number of benzene rings is 1. The average molecular weight is 320 g/mol. The fourth-order valence-corrected chi connectivity index (χ4v) is 2.61. The first kappa shape index (κ1) is 17.2. The van der Waals surface area contributed by atoms with Gasteiger partial charge < -0.3 is 15.5 Å². The zero-order chi connectivity index (χ0) is 16.5. The quantitative estimate of drug-likeness (QED) is 0.639. The van der Waals surface area contributed by atoms with Gasteiger partial charge in [0.25, 0.3) is 0 Å². The van der Waals surface area contributed by atoms with Crippen LogP contribution in [-0.4, -0.2) is 50.0 Å². The predicted octanol–water partition coefficient (Wildman–Crippen LogP) is 1.55. The van der Waals surface area contributed by atoms with Crippen molar-refractivity contribution in [3.8, 4) is 0 Å². The Labute approximate surface area is 137 Å². The van der Waals surface area contributed by atoms with Crippen LogP contribution in [-0.2, 0) is 11.2 Å². The van der Waals surface area contributed by atoms with E-state index < -0.39 is 0 Å². The number of amides is 1. The number of nitrogens with one attached hydrogen (secondary N) is 2. The molecule has 1 aliphatic rings. The number of carbonyl (C=O) groups excluding carboxylic acids is 1. The summed E-state index contributed by atoms with van der Waals surface area (Å²) in [5.41, 5.74) is 1.05. The second-order valence-electron chi connectivity index (χ2n) is 5.67. The summed E-state index contributed by atoms with van der Waals surface area (Å²) < 4.78 is 12.8. The van der Waals surface area contributed by atoms with E-state index in [0.29, 0.717) is 12.5 Å². The maximum atomic E-state index is 12.8. The third kappa shape index (κ3) is 5.88. The first-order valence-electron chi connectivity index (χ1n) is 8.16. The van der Waals surface area contributed by atoms with Crippen LogP contribution < -0.4 is 10.6 Å². The fourth-order valence-electron chi connectivity index (χ4n) is 2.61. The number of nitrogens with zero attached hydrogens (tertiary/aromatic N) is 2. The van der Waals surface area contributed by atoms with Gasteiger partial charge in [0.2, 0.25) is 5.91 Å². The summed E-state index contributed by atoms with van der Waals surface area (Å²) in [7, 11) is 1.68. The lowest BCUT2D eigenvalue weighted by Gasteiger charge is -2.27. The Morgan fingerprint density at radius 2 is 1.87 bits per heavy atom. The van der Waals surface area contributed by atoms with Gasteiger partial charge in [-0.15, -0.1) is 0 Å². The molecule has 1 saturated heterocycles. The largest absolute Gasteiger partial charge is 0.356 e. The van der Waals surface area contributed by atoms with E-state index in [1.54, 1.807) is 19.2 Å². The van der Waals surface area contributed by atoms with Gasteiger partial charge in [-0.05, 0) is 43.4 Å². The van der Waals surface area contributed by atoms with Crippen molar-refractivity contribution in [1.82, 2.24) is 15.5 Å². The zero-order valence-electron chi connectivity index (χ0n) is 13.6. The minimum atomic E-state index is -0.226. The molecule has 0 saturated carbocycles. The van der Waals surface area contributed by atoms with Crippen LogP contribution in [0.1, 0.15) is 24.8 Å². The van der Waals surface area contributed by atoms with Crippen molar-refractivity contribution in [1.29, 1.82) is 0 Å². The summed E-state index contributed by atoms with van der Waals surface area (Å²) in [5.74, 6) is 0.499. The molecule has 2 rings (SSSR count). The number of hydrogen-bond acceptors (Lipinski definition) is 2. The van der Waals surface area contributed by atoms with E-state index in [0.717, 1.165) is 37.9 Å². The van der Waals surface area contributed by atoms with Crippen LogP contribution >= 0.6 is 0 Å². The van der Waals surface area contributed by atoms with Crippen LogP contribution in [0.5, 0.6) is 0 Å². The molecule has 1 heterocycles. The van der Waals surface area contributed by atoms with E-state index in [9.17, 15) is 9.18 Å². The van der Waals surface area contributed by atoms with Gasteiger partial charge in [-0.1, -0.05) is 12.1 Å². The number of carbonyl (C=O) groups is 1. The van der Waals surface area contributed by atoms with Gasteiger partial charge in [0.15, 0.2) is 5.96 Å². The van der Waals surface area contributed by atoms with Crippen LogP contribution in [0.2, 0.25) is 0 Å². The van der Waals surface area contributed by atoms with Crippen LogP contribution in [0.25, 0.3) is 0 Å². The number of piperidine rings is 1. The lowest BCUT2D eigenvalue weighted by molar-refractivity contribution is -0.130. The molecule has 1 fully saturated rings. The molecule has 0 atom stereocenters. The number of halogens is 1. The molecule has 1 aromatic carbocycles. The molecule has 0 unspecified atom stereocenters. The molecule has 0 aromatic heterocycles. The standard InChI is InChI=1S/C17H25FN4O/c1-19-17(20-10-9-14-5-7-15(18)8-6-14)21-13-16(23)22-11-3-2-4-12-22/h5-8H,2-4,9-13H2,1H3,(H2,19,20,21). The Morgan fingerprint density at radius 1 is 1.17 bits per heavy atom.